The highest BCUT2D eigenvalue weighted by atomic mass is 15.0. The first-order valence-electron chi connectivity index (χ1n) is 8.26. The van der Waals surface area contributed by atoms with Crippen LogP contribution in [-0.4, -0.2) is 0 Å². The third-order valence-corrected chi connectivity index (χ3v) is 4.81. The van der Waals surface area contributed by atoms with E-state index in [-0.39, 0.29) is 6.04 Å². The molecular formula is C20H26N2. The Balaban J connectivity index is 1.74. The van der Waals surface area contributed by atoms with Gasteiger partial charge in [0.2, 0.25) is 0 Å². The van der Waals surface area contributed by atoms with Crippen LogP contribution in [-0.2, 0) is 0 Å². The number of hydrogen-bond acceptors (Lipinski definition) is 2. The molecule has 0 amide bonds. The summed E-state index contributed by atoms with van der Waals surface area (Å²) >= 11 is 0. The predicted molar refractivity (Wildman–Crippen MR) is 92.8 cm³/mol. The normalized spacial score (nSPS) is 21.9. The van der Waals surface area contributed by atoms with E-state index in [2.05, 4.69) is 74.6 Å². The second kappa shape index (κ2) is 6.23. The molecule has 0 saturated carbocycles. The average Bonchev–Trinajstić information content (AvgIpc) is 2.84. The van der Waals surface area contributed by atoms with Gasteiger partial charge in [-0.2, -0.15) is 0 Å². The number of rotatable bonds is 4. The van der Waals surface area contributed by atoms with Gasteiger partial charge >= 0.3 is 0 Å². The quantitative estimate of drug-likeness (QED) is 0.864. The number of nitrogens with one attached hydrogen (secondary N) is 1. The Hall–Kier alpha value is -1.64. The SMILES string of the molecule is CC(C)c1ccc(C(C)NC2CC(N)c3ccccc32)cc1. The standard InChI is InChI=1S/C20H26N2/c1-13(2)15-8-10-16(11-9-15)14(3)22-20-12-19(21)17-6-4-5-7-18(17)20/h4-11,13-14,19-20,22H,12,21H2,1-3H3. The molecule has 2 heteroatoms. The largest absolute Gasteiger partial charge is 0.324 e. The van der Waals surface area contributed by atoms with E-state index >= 15 is 0 Å². The van der Waals surface area contributed by atoms with E-state index in [9.17, 15) is 0 Å². The van der Waals surface area contributed by atoms with Gasteiger partial charge in [-0.1, -0.05) is 62.4 Å². The summed E-state index contributed by atoms with van der Waals surface area (Å²) in [5.74, 6) is 0.581. The van der Waals surface area contributed by atoms with Crippen molar-refractivity contribution in [2.75, 3.05) is 0 Å². The van der Waals surface area contributed by atoms with Crippen molar-refractivity contribution in [1.82, 2.24) is 5.32 Å². The van der Waals surface area contributed by atoms with Gasteiger partial charge in [0, 0.05) is 18.1 Å². The zero-order valence-corrected chi connectivity index (χ0v) is 13.7. The lowest BCUT2D eigenvalue weighted by atomic mass is 9.99. The maximum absolute atomic E-state index is 6.26. The molecule has 0 aromatic heterocycles. The summed E-state index contributed by atoms with van der Waals surface area (Å²) in [6, 6.07) is 18.3. The third-order valence-electron chi connectivity index (χ3n) is 4.81. The van der Waals surface area contributed by atoms with Crippen LogP contribution in [0.2, 0.25) is 0 Å². The summed E-state index contributed by atoms with van der Waals surface area (Å²) in [6.07, 6.45) is 0.980. The average molecular weight is 294 g/mol. The maximum atomic E-state index is 6.26. The molecule has 3 unspecified atom stereocenters. The molecular weight excluding hydrogens is 268 g/mol. The van der Waals surface area contributed by atoms with Crippen LogP contribution in [0.25, 0.3) is 0 Å². The lowest BCUT2D eigenvalue weighted by Crippen LogP contribution is -2.23. The van der Waals surface area contributed by atoms with Crippen molar-refractivity contribution < 1.29 is 0 Å². The molecule has 1 aliphatic carbocycles. The van der Waals surface area contributed by atoms with E-state index in [4.69, 9.17) is 5.73 Å². The number of fused-ring (bicyclic) bond motifs is 1. The van der Waals surface area contributed by atoms with Crippen LogP contribution in [0.4, 0.5) is 0 Å². The van der Waals surface area contributed by atoms with Gasteiger partial charge in [-0.3, -0.25) is 0 Å². The Kier molecular flexibility index (Phi) is 4.32. The van der Waals surface area contributed by atoms with Crippen LogP contribution in [0.5, 0.6) is 0 Å². The fraction of sp³-hybridized carbons (Fsp3) is 0.400. The molecule has 2 aromatic rings. The van der Waals surface area contributed by atoms with Gasteiger partial charge in [0.1, 0.15) is 0 Å². The number of hydrogen-bond donors (Lipinski definition) is 2. The molecule has 0 heterocycles. The van der Waals surface area contributed by atoms with Gasteiger partial charge in [-0.05, 0) is 41.5 Å². The molecule has 0 saturated heterocycles. The monoisotopic (exact) mass is 294 g/mol. The van der Waals surface area contributed by atoms with Gasteiger partial charge in [0.05, 0.1) is 0 Å². The van der Waals surface area contributed by atoms with Crippen LogP contribution in [0.3, 0.4) is 0 Å². The van der Waals surface area contributed by atoms with Crippen molar-refractivity contribution >= 4 is 0 Å². The Labute approximate surface area is 133 Å². The van der Waals surface area contributed by atoms with E-state index in [0.717, 1.165) is 6.42 Å². The Morgan fingerprint density at radius 1 is 0.909 bits per heavy atom. The van der Waals surface area contributed by atoms with Crippen molar-refractivity contribution in [2.24, 2.45) is 5.73 Å². The summed E-state index contributed by atoms with van der Waals surface area (Å²) in [6.45, 7) is 6.69. The molecule has 3 atom stereocenters. The van der Waals surface area contributed by atoms with Crippen LogP contribution in [0, 0.1) is 0 Å². The fourth-order valence-corrected chi connectivity index (χ4v) is 3.40. The molecule has 0 spiro atoms. The molecule has 0 radical (unpaired) electrons. The fourth-order valence-electron chi connectivity index (χ4n) is 3.40. The lowest BCUT2D eigenvalue weighted by molar-refractivity contribution is 0.445. The number of nitrogens with two attached hydrogens (primary N) is 1. The first-order valence-corrected chi connectivity index (χ1v) is 8.26. The highest BCUT2D eigenvalue weighted by molar-refractivity contribution is 5.37. The summed E-state index contributed by atoms with van der Waals surface area (Å²) < 4.78 is 0. The zero-order valence-electron chi connectivity index (χ0n) is 13.7. The highest BCUT2D eigenvalue weighted by Gasteiger charge is 2.28. The first-order chi connectivity index (χ1) is 10.6. The first kappa shape index (κ1) is 15.3. The predicted octanol–water partition coefficient (Wildman–Crippen LogP) is 4.61. The molecule has 0 bridgehead atoms. The second-order valence-electron chi connectivity index (χ2n) is 6.73. The van der Waals surface area contributed by atoms with Crippen molar-refractivity contribution in [2.45, 2.75) is 51.2 Å². The molecule has 0 aliphatic heterocycles. The van der Waals surface area contributed by atoms with Crippen molar-refractivity contribution in [3.05, 3.63) is 70.8 Å². The minimum Gasteiger partial charge on any atom is -0.324 e. The minimum atomic E-state index is 0.157. The van der Waals surface area contributed by atoms with Gasteiger partial charge in [0.15, 0.2) is 0 Å². The lowest BCUT2D eigenvalue weighted by Gasteiger charge is -2.21. The molecule has 2 nitrogen and oxygen atoms in total. The third kappa shape index (κ3) is 2.94. The van der Waals surface area contributed by atoms with Crippen LogP contribution >= 0.6 is 0 Å². The van der Waals surface area contributed by atoms with Crippen molar-refractivity contribution in [3.63, 3.8) is 0 Å². The Morgan fingerprint density at radius 2 is 1.50 bits per heavy atom. The highest BCUT2D eigenvalue weighted by Crippen LogP contribution is 2.38. The van der Waals surface area contributed by atoms with E-state index in [1.807, 2.05) is 0 Å². The maximum Gasteiger partial charge on any atom is 0.0347 e. The zero-order chi connectivity index (χ0) is 15.7. The molecule has 1 aliphatic rings. The number of benzene rings is 2. The Bertz CT molecular complexity index is 630. The van der Waals surface area contributed by atoms with Crippen molar-refractivity contribution in [1.29, 1.82) is 0 Å². The molecule has 22 heavy (non-hydrogen) atoms. The molecule has 116 valence electrons. The molecule has 0 fully saturated rings. The van der Waals surface area contributed by atoms with E-state index in [1.165, 1.54) is 22.3 Å². The van der Waals surface area contributed by atoms with Crippen LogP contribution in [0.1, 0.15) is 73.5 Å². The van der Waals surface area contributed by atoms with Crippen LogP contribution in [0.15, 0.2) is 48.5 Å². The molecule has 3 N–H and O–H groups in total. The van der Waals surface area contributed by atoms with E-state index in [0.29, 0.717) is 18.0 Å². The van der Waals surface area contributed by atoms with Gasteiger partial charge in [-0.25, -0.2) is 0 Å². The summed E-state index contributed by atoms with van der Waals surface area (Å²) in [5.41, 5.74) is 11.6. The van der Waals surface area contributed by atoms with Gasteiger partial charge in [0.25, 0.3) is 0 Å². The molecule has 2 aromatic carbocycles. The van der Waals surface area contributed by atoms with Gasteiger partial charge < -0.3 is 11.1 Å². The summed E-state index contributed by atoms with van der Waals surface area (Å²) in [7, 11) is 0. The summed E-state index contributed by atoms with van der Waals surface area (Å²) in [4.78, 5) is 0. The minimum absolute atomic E-state index is 0.157. The van der Waals surface area contributed by atoms with Crippen molar-refractivity contribution in [3.8, 4) is 0 Å². The molecule has 3 rings (SSSR count). The van der Waals surface area contributed by atoms with Crippen LogP contribution < -0.4 is 11.1 Å². The van der Waals surface area contributed by atoms with E-state index < -0.39 is 0 Å². The Morgan fingerprint density at radius 3 is 2.14 bits per heavy atom. The topological polar surface area (TPSA) is 38.0 Å². The van der Waals surface area contributed by atoms with E-state index in [1.54, 1.807) is 0 Å². The van der Waals surface area contributed by atoms with Gasteiger partial charge in [-0.15, -0.1) is 0 Å². The summed E-state index contributed by atoms with van der Waals surface area (Å²) in [5, 5.41) is 3.75. The second-order valence-corrected chi connectivity index (χ2v) is 6.73. The smallest absolute Gasteiger partial charge is 0.0347 e.